The highest BCUT2D eigenvalue weighted by molar-refractivity contribution is 8.26. The number of para-hydroxylation sites is 1. The van der Waals surface area contributed by atoms with Crippen LogP contribution in [-0.4, -0.2) is 52.0 Å². The van der Waals surface area contributed by atoms with Crippen molar-refractivity contribution < 1.29 is 33.7 Å². The van der Waals surface area contributed by atoms with Gasteiger partial charge in [-0.3, -0.25) is 15.0 Å². The van der Waals surface area contributed by atoms with Gasteiger partial charge in [-0.25, -0.2) is 4.79 Å². The Morgan fingerprint density at radius 2 is 1.94 bits per heavy atom. The summed E-state index contributed by atoms with van der Waals surface area (Å²) in [5.41, 5.74) is 3.39. The van der Waals surface area contributed by atoms with Crippen molar-refractivity contribution in [3.05, 3.63) is 58.5 Å². The number of nitrogens with one attached hydrogen (secondary N) is 1. The monoisotopic (exact) mass is 502 g/mol. The van der Waals surface area contributed by atoms with Crippen molar-refractivity contribution in [2.75, 3.05) is 13.7 Å². The molecule has 0 bridgehead atoms. The summed E-state index contributed by atoms with van der Waals surface area (Å²) in [6, 6.07) is 11.5. The van der Waals surface area contributed by atoms with Gasteiger partial charge in [-0.1, -0.05) is 30.0 Å². The average molecular weight is 503 g/mol. The molecule has 2 N–H and O–H groups in total. The Hall–Kier alpha value is -3.57. The van der Waals surface area contributed by atoms with E-state index >= 15 is 0 Å². The van der Waals surface area contributed by atoms with Crippen LogP contribution in [0.3, 0.4) is 0 Å². The molecule has 2 amide bonds. The molecule has 0 radical (unpaired) electrons. The summed E-state index contributed by atoms with van der Waals surface area (Å²) in [5, 5.41) is 10.1. The Morgan fingerprint density at radius 1 is 1.21 bits per heavy atom. The Bertz CT molecular complexity index is 1170. The number of rotatable bonds is 9. The van der Waals surface area contributed by atoms with Crippen molar-refractivity contribution in [1.82, 2.24) is 10.4 Å². The topological polar surface area (TPSA) is 114 Å². The van der Waals surface area contributed by atoms with Crippen LogP contribution in [0, 0.1) is 0 Å². The summed E-state index contributed by atoms with van der Waals surface area (Å²) in [5.74, 6) is -1.16. The lowest BCUT2D eigenvalue weighted by molar-refractivity contribution is -0.144. The molecule has 1 heterocycles. The maximum absolute atomic E-state index is 12.9. The Balaban J connectivity index is 1.80. The predicted molar refractivity (Wildman–Crippen MR) is 131 cm³/mol. The van der Waals surface area contributed by atoms with E-state index in [2.05, 4.69) is 5.43 Å². The third-order valence-corrected chi connectivity index (χ3v) is 5.88. The van der Waals surface area contributed by atoms with Crippen LogP contribution in [0.1, 0.15) is 29.8 Å². The number of hydrogen-bond acceptors (Lipinski definition) is 8. The zero-order valence-corrected chi connectivity index (χ0v) is 20.2. The van der Waals surface area contributed by atoms with Crippen LogP contribution >= 0.6 is 24.0 Å². The van der Waals surface area contributed by atoms with E-state index in [4.69, 9.17) is 31.5 Å². The fourth-order valence-corrected chi connectivity index (χ4v) is 4.11. The maximum Gasteiger partial charge on any atom is 0.344 e. The minimum Gasteiger partial charge on any atom is -0.496 e. The first-order valence-corrected chi connectivity index (χ1v) is 11.4. The van der Waals surface area contributed by atoms with E-state index in [0.29, 0.717) is 28.6 Å². The molecule has 1 aliphatic rings. The first kappa shape index (κ1) is 25.1. The van der Waals surface area contributed by atoms with Crippen LogP contribution in [0.25, 0.3) is 6.08 Å². The first-order valence-electron chi connectivity index (χ1n) is 10.1. The summed E-state index contributed by atoms with van der Waals surface area (Å²) in [4.78, 5) is 37.0. The third-order valence-electron chi connectivity index (χ3n) is 4.58. The maximum atomic E-state index is 12.9. The smallest absolute Gasteiger partial charge is 0.344 e. The number of ether oxygens (including phenoxy) is 3. The van der Waals surface area contributed by atoms with Gasteiger partial charge in [-0.15, -0.1) is 0 Å². The van der Waals surface area contributed by atoms with Crippen molar-refractivity contribution in [1.29, 1.82) is 0 Å². The normalized spacial score (nSPS) is 15.3. The van der Waals surface area contributed by atoms with Crippen LogP contribution in [0.15, 0.2) is 47.4 Å². The van der Waals surface area contributed by atoms with Gasteiger partial charge in [0.05, 0.1) is 24.2 Å². The molecule has 34 heavy (non-hydrogen) atoms. The van der Waals surface area contributed by atoms with Gasteiger partial charge in [0.15, 0.2) is 21.9 Å². The second kappa shape index (κ2) is 11.0. The second-order valence-electron chi connectivity index (χ2n) is 6.90. The fraction of sp³-hybridized carbons (Fsp3) is 0.217. The molecule has 178 valence electrons. The van der Waals surface area contributed by atoms with E-state index < -0.39 is 23.9 Å². The van der Waals surface area contributed by atoms with Gasteiger partial charge >= 0.3 is 5.97 Å². The minimum atomic E-state index is -1.11. The molecule has 0 spiro atoms. The first-order chi connectivity index (χ1) is 16.2. The number of carbonyl (C=O) groups is 3. The number of thioether (sulfide) groups is 1. The Morgan fingerprint density at radius 3 is 2.62 bits per heavy atom. The standard InChI is InChI=1S/C23H22N2O7S2/c1-4-31-18-11-14(9-10-17(18)32-13(2)22(28)29)12-19-21(27)25(23(33)34-19)24-20(26)15-7-5-6-8-16(15)30-3/h5-13H,4H2,1-3H3,(H,24,26)(H,28,29)/b19-12+. The van der Waals surface area contributed by atoms with Crippen molar-refractivity contribution in [2.24, 2.45) is 0 Å². The van der Waals surface area contributed by atoms with Gasteiger partial charge in [0.2, 0.25) is 0 Å². The van der Waals surface area contributed by atoms with E-state index in [1.807, 2.05) is 0 Å². The van der Waals surface area contributed by atoms with Crippen molar-refractivity contribution in [2.45, 2.75) is 20.0 Å². The summed E-state index contributed by atoms with van der Waals surface area (Å²) in [6.45, 7) is 3.53. The zero-order valence-electron chi connectivity index (χ0n) is 18.6. The molecule has 11 heteroatoms. The molecule has 0 aromatic heterocycles. The third kappa shape index (κ3) is 5.67. The van der Waals surface area contributed by atoms with E-state index in [1.165, 1.54) is 14.0 Å². The molecule has 1 atom stereocenters. The molecule has 0 aliphatic carbocycles. The lowest BCUT2D eigenvalue weighted by Gasteiger charge is -2.16. The molecule has 0 saturated carbocycles. The largest absolute Gasteiger partial charge is 0.496 e. The second-order valence-corrected chi connectivity index (χ2v) is 8.57. The minimum absolute atomic E-state index is 0.166. The van der Waals surface area contributed by atoms with Gasteiger partial charge < -0.3 is 19.3 Å². The number of carbonyl (C=O) groups excluding carboxylic acids is 2. The highest BCUT2D eigenvalue weighted by atomic mass is 32.2. The highest BCUT2D eigenvalue weighted by Crippen LogP contribution is 2.34. The molecule has 1 fully saturated rings. The number of thiocarbonyl (C=S) groups is 1. The van der Waals surface area contributed by atoms with Crippen LogP contribution in [-0.2, 0) is 9.59 Å². The van der Waals surface area contributed by atoms with Crippen molar-refractivity contribution in [3.63, 3.8) is 0 Å². The van der Waals surface area contributed by atoms with Gasteiger partial charge in [-0.2, -0.15) is 5.01 Å². The summed E-state index contributed by atoms with van der Waals surface area (Å²) < 4.78 is 16.4. The molecule has 1 unspecified atom stereocenters. The molecular formula is C23H22N2O7S2. The van der Waals surface area contributed by atoms with E-state index in [9.17, 15) is 14.4 Å². The summed E-state index contributed by atoms with van der Waals surface area (Å²) in [7, 11) is 1.45. The summed E-state index contributed by atoms with van der Waals surface area (Å²) >= 11 is 6.32. The number of carboxylic acid groups (broad SMARTS) is 1. The number of nitrogens with zero attached hydrogens (tertiary/aromatic N) is 1. The highest BCUT2D eigenvalue weighted by Gasteiger charge is 2.34. The molecule has 1 aliphatic heterocycles. The lowest BCUT2D eigenvalue weighted by atomic mass is 10.1. The van der Waals surface area contributed by atoms with Gasteiger partial charge in [-0.05, 0) is 62.0 Å². The quantitative estimate of drug-likeness (QED) is 0.393. The summed E-state index contributed by atoms with van der Waals surface area (Å²) in [6.07, 6.45) is 0.537. The van der Waals surface area contributed by atoms with Gasteiger partial charge in [0, 0.05) is 0 Å². The molecule has 2 aromatic rings. The van der Waals surface area contributed by atoms with Crippen LogP contribution in [0.4, 0.5) is 0 Å². The van der Waals surface area contributed by atoms with Crippen LogP contribution in [0.5, 0.6) is 17.2 Å². The van der Waals surface area contributed by atoms with Gasteiger partial charge in [0.1, 0.15) is 5.75 Å². The molecule has 1 saturated heterocycles. The SMILES string of the molecule is CCOc1cc(/C=C2/SC(=S)N(NC(=O)c3ccccc3OC)C2=O)ccc1OC(C)C(=O)O. The fourth-order valence-electron chi connectivity index (χ4n) is 2.93. The molecule has 9 nitrogen and oxygen atoms in total. The van der Waals surface area contributed by atoms with E-state index in [1.54, 1.807) is 55.5 Å². The molecule has 3 rings (SSSR count). The average Bonchev–Trinajstić information content (AvgIpc) is 3.07. The lowest BCUT2D eigenvalue weighted by Crippen LogP contribution is -2.44. The number of benzene rings is 2. The molecular weight excluding hydrogens is 480 g/mol. The molecule has 2 aromatic carbocycles. The van der Waals surface area contributed by atoms with Gasteiger partial charge in [0.25, 0.3) is 11.8 Å². The Labute approximate surface area is 205 Å². The number of hydrogen-bond donors (Lipinski definition) is 2. The van der Waals surface area contributed by atoms with E-state index in [-0.39, 0.29) is 15.6 Å². The van der Waals surface area contributed by atoms with E-state index in [0.717, 1.165) is 16.8 Å². The number of hydrazine groups is 1. The van der Waals surface area contributed by atoms with Crippen LogP contribution in [0.2, 0.25) is 0 Å². The van der Waals surface area contributed by atoms with Crippen molar-refractivity contribution >= 4 is 52.2 Å². The van der Waals surface area contributed by atoms with Crippen LogP contribution < -0.4 is 19.6 Å². The Kier molecular flexibility index (Phi) is 8.13. The number of aliphatic carboxylic acids is 1. The number of amides is 2. The number of carboxylic acids is 1. The number of methoxy groups -OCH3 is 1. The predicted octanol–water partition coefficient (Wildman–Crippen LogP) is 3.49. The van der Waals surface area contributed by atoms with Crippen molar-refractivity contribution in [3.8, 4) is 17.2 Å². The zero-order chi connectivity index (χ0) is 24.8.